The number of likely N-dealkylation sites (tertiary alicyclic amines) is 1. The van der Waals surface area contributed by atoms with E-state index < -0.39 is 10.0 Å². The Bertz CT molecular complexity index is 909. The van der Waals surface area contributed by atoms with Crippen LogP contribution in [0.2, 0.25) is 0 Å². The molecule has 3 rings (SSSR count). The van der Waals surface area contributed by atoms with Crippen LogP contribution in [-0.4, -0.2) is 59.1 Å². The minimum absolute atomic E-state index is 0.0876. The molecule has 0 saturated carbocycles. The lowest BCUT2D eigenvalue weighted by Crippen LogP contribution is -2.30. The molecule has 1 aliphatic rings. The number of aromatic nitrogens is 3. The Balaban J connectivity index is 1.76. The smallest absolute Gasteiger partial charge is 0.233 e. The van der Waals surface area contributed by atoms with Crippen LogP contribution in [0.5, 0.6) is 0 Å². The first-order valence-corrected chi connectivity index (χ1v) is 12.1. The topological polar surface area (TPSA) is 88.4 Å². The lowest BCUT2D eigenvalue weighted by Gasteiger charge is -2.22. The summed E-state index contributed by atoms with van der Waals surface area (Å²) in [5, 5.41) is 9.03. The summed E-state index contributed by atoms with van der Waals surface area (Å²) < 4.78 is 27.8. The van der Waals surface area contributed by atoms with E-state index in [4.69, 9.17) is 0 Å². The quantitative estimate of drug-likeness (QED) is 0.603. The van der Waals surface area contributed by atoms with Crippen LogP contribution >= 0.6 is 11.8 Å². The van der Waals surface area contributed by atoms with E-state index in [9.17, 15) is 13.2 Å². The maximum atomic E-state index is 12.3. The van der Waals surface area contributed by atoms with Crippen LogP contribution in [-0.2, 0) is 27.9 Å². The highest BCUT2D eigenvalue weighted by Crippen LogP contribution is 2.23. The van der Waals surface area contributed by atoms with E-state index >= 15 is 0 Å². The lowest BCUT2D eigenvalue weighted by molar-refractivity contribution is -0.127. The van der Waals surface area contributed by atoms with E-state index in [1.165, 1.54) is 22.3 Å². The molecule has 1 aromatic carbocycles. The van der Waals surface area contributed by atoms with Crippen molar-refractivity contribution in [2.24, 2.45) is 0 Å². The number of rotatable bonds is 8. The van der Waals surface area contributed by atoms with Gasteiger partial charge in [0.15, 0.2) is 11.0 Å². The van der Waals surface area contributed by atoms with Crippen LogP contribution in [0.25, 0.3) is 0 Å². The van der Waals surface area contributed by atoms with Gasteiger partial charge in [-0.3, -0.25) is 9.10 Å². The zero-order valence-corrected chi connectivity index (χ0v) is 17.7. The van der Waals surface area contributed by atoms with Gasteiger partial charge < -0.3 is 9.47 Å². The van der Waals surface area contributed by atoms with Gasteiger partial charge in [0.1, 0.15) is 0 Å². The molecular formula is C18H25N5O3S2. The summed E-state index contributed by atoms with van der Waals surface area (Å²) in [6.07, 6.45) is 3.30. The third-order valence-electron chi connectivity index (χ3n) is 4.62. The summed E-state index contributed by atoms with van der Waals surface area (Å²) in [4.78, 5) is 14.2. The molecule has 1 aliphatic heterocycles. The van der Waals surface area contributed by atoms with Crippen LogP contribution in [0.3, 0.4) is 0 Å². The van der Waals surface area contributed by atoms with Gasteiger partial charge in [-0.1, -0.05) is 30.0 Å². The molecule has 28 heavy (non-hydrogen) atoms. The number of sulfonamides is 1. The zero-order valence-electron chi connectivity index (χ0n) is 16.1. The molecule has 152 valence electrons. The summed E-state index contributed by atoms with van der Waals surface area (Å²) in [5.41, 5.74) is 0.578. The van der Waals surface area contributed by atoms with Gasteiger partial charge >= 0.3 is 0 Å². The first-order valence-electron chi connectivity index (χ1n) is 9.25. The van der Waals surface area contributed by atoms with Crippen LogP contribution < -0.4 is 4.31 Å². The molecular weight excluding hydrogens is 398 g/mol. The highest BCUT2D eigenvalue weighted by molar-refractivity contribution is 7.99. The maximum absolute atomic E-state index is 12.3. The number of benzene rings is 1. The molecule has 2 aromatic rings. The van der Waals surface area contributed by atoms with Gasteiger partial charge in [-0.15, -0.1) is 10.2 Å². The minimum Gasteiger partial charge on any atom is -0.342 e. The Hall–Kier alpha value is -2.07. The van der Waals surface area contributed by atoms with E-state index in [0.29, 0.717) is 29.0 Å². The predicted octanol–water partition coefficient (Wildman–Crippen LogP) is 1.98. The normalized spacial score (nSPS) is 14.4. The average molecular weight is 424 g/mol. The molecule has 1 fully saturated rings. The Morgan fingerprint density at radius 3 is 2.46 bits per heavy atom. The predicted molar refractivity (Wildman–Crippen MR) is 110 cm³/mol. The molecule has 8 nitrogen and oxygen atoms in total. The molecule has 0 aliphatic carbocycles. The van der Waals surface area contributed by atoms with Crippen molar-refractivity contribution in [2.75, 3.05) is 29.4 Å². The third kappa shape index (κ3) is 4.85. The Labute approximate surface area is 170 Å². The SMILES string of the molecule is CCn1c(CN(c2ccccc2)S(C)(=O)=O)nnc1SCC(=O)N1CCCC1. The number of hydrogen-bond donors (Lipinski definition) is 0. The third-order valence-corrected chi connectivity index (χ3v) is 6.71. The average Bonchev–Trinajstić information content (AvgIpc) is 3.33. The molecule has 2 heterocycles. The van der Waals surface area contributed by atoms with Crippen LogP contribution in [0.4, 0.5) is 5.69 Å². The molecule has 0 radical (unpaired) electrons. The fourth-order valence-corrected chi connectivity index (χ4v) is 4.95. The number of carbonyl (C=O) groups excluding carboxylic acids is 1. The number of thioether (sulfide) groups is 1. The number of carbonyl (C=O) groups is 1. The first kappa shape index (κ1) is 20.7. The summed E-state index contributed by atoms with van der Waals surface area (Å²) in [6, 6.07) is 8.92. The van der Waals surface area contributed by atoms with Crippen molar-refractivity contribution in [2.45, 2.75) is 38.0 Å². The van der Waals surface area contributed by atoms with E-state index in [1.54, 1.807) is 24.3 Å². The second kappa shape index (κ2) is 8.95. The summed E-state index contributed by atoms with van der Waals surface area (Å²) >= 11 is 1.35. The number of amides is 1. The Morgan fingerprint density at radius 1 is 1.18 bits per heavy atom. The standard InChI is InChI=1S/C18H25N5O3S2/c1-3-22-16(13-23(28(2,25)26)15-9-5-4-6-10-15)19-20-18(22)27-14-17(24)21-11-7-8-12-21/h4-6,9-10H,3,7-8,11-14H2,1-2H3. The van der Waals surface area contributed by atoms with Gasteiger partial charge in [-0.05, 0) is 31.9 Å². The van der Waals surface area contributed by atoms with Crippen LogP contribution in [0.1, 0.15) is 25.6 Å². The minimum atomic E-state index is -3.48. The molecule has 0 bridgehead atoms. The first-order chi connectivity index (χ1) is 13.4. The second-order valence-electron chi connectivity index (χ2n) is 6.62. The highest BCUT2D eigenvalue weighted by Gasteiger charge is 2.23. The molecule has 1 saturated heterocycles. The molecule has 0 atom stereocenters. The fourth-order valence-electron chi connectivity index (χ4n) is 3.17. The molecule has 0 unspecified atom stereocenters. The van der Waals surface area contributed by atoms with Crippen LogP contribution in [0, 0.1) is 0 Å². The van der Waals surface area contributed by atoms with Crippen molar-refractivity contribution in [3.63, 3.8) is 0 Å². The Morgan fingerprint density at radius 2 is 1.86 bits per heavy atom. The van der Waals surface area contributed by atoms with E-state index in [2.05, 4.69) is 10.2 Å². The van der Waals surface area contributed by atoms with E-state index in [1.807, 2.05) is 22.5 Å². The molecule has 10 heteroatoms. The van der Waals surface area contributed by atoms with Gasteiger partial charge in [0.25, 0.3) is 0 Å². The number of hydrogen-bond acceptors (Lipinski definition) is 6. The van der Waals surface area contributed by atoms with Crippen molar-refractivity contribution in [1.29, 1.82) is 0 Å². The summed E-state index contributed by atoms with van der Waals surface area (Å²) in [6.45, 7) is 4.28. The molecule has 0 N–H and O–H groups in total. The van der Waals surface area contributed by atoms with Crippen molar-refractivity contribution in [3.8, 4) is 0 Å². The molecule has 1 amide bonds. The fraction of sp³-hybridized carbons (Fsp3) is 0.500. The van der Waals surface area contributed by atoms with Gasteiger partial charge in [-0.2, -0.15) is 0 Å². The van der Waals surface area contributed by atoms with Crippen molar-refractivity contribution >= 4 is 33.4 Å². The van der Waals surface area contributed by atoms with Crippen molar-refractivity contribution < 1.29 is 13.2 Å². The van der Waals surface area contributed by atoms with Gasteiger partial charge in [0, 0.05) is 19.6 Å². The number of anilines is 1. The lowest BCUT2D eigenvalue weighted by atomic mass is 10.3. The zero-order chi connectivity index (χ0) is 20.1. The monoisotopic (exact) mass is 423 g/mol. The van der Waals surface area contributed by atoms with Gasteiger partial charge in [0.05, 0.1) is 24.2 Å². The van der Waals surface area contributed by atoms with Crippen LogP contribution in [0.15, 0.2) is 35.5 Å². The highest BCUT2D eigenvalue weighted by atomic mass is 32.2. The largest absolute Gasteiger partial charge is 0.342 e. The molecule has 1 aromatic heterocycles. The molecule has 0 spiro atoms. The van der Waals surface area contributed by atoms with E-state index in [-0.39, 0.29) is 12.5 Å². The number of para-hydroxylation sites is 1. The number of nitrogens with zero attached hydrogens (tertiary/aromatic N) is 5. The van der Waals surface area contributed by atoms with Crippen molar-refractivity contribution in [1.82, 2.24) is 19.7 Å². The van der Waals surface area contributed by atoms with E-state index in [0.717, 1.165) is 25.9 Å². The summed E-state index contributed by atoms with van der Waals surface area (Å²) in [7, 11) is -3.48. The maximum Gasteiger partial charge on any atom is 0.233 e. The van der Waals surface area contributed by atoms with Gasteiger partial charge in [0.2, 0.25) is 15.9 Å². The Kier molecular flexibility index (Phi) is 6.61. The second-order valence-corrected chi connectivity index (χ2v) is 9.47. The summed E-state index contributed by atoms with van der Waals surface area (Å²) in [5.74, 6) is 0.969. The van der Waals surface area contributed by atoms with Gasteiger partial charge in [-0.25, -0.2) is 8.42 Å². The van der Waals surface area contributed by atoms with Crippen molar-refractivity contribution in [3.05, 3.63) is 36.2 Å².